The number of nitriles is 1. The van der Waals surface area contributed by atoms with E-state index in [1.54, 1.807) is 13.0 Å². The van der Waals surface area contributed by atoms with E-state index in [0.29, 0.717) is 18.7 Å². The molecule has 0 aromatic heterocycles. The highest BCUT2D eigenvalue weighted by molar-refractivity contribution is 5.95. The number of amides is 2. The number of nitrogens with one attached hydrogen (secondary N) is 2. The molecule has 2 N–H and O–H groups in total. The van der Waals surface area contributed by atoms with E-state index < -0.39 is 11.4 Å². The predicted molar refractivity (Wildman–Crippen MR) is 93.5 cm³/mol. The maximum Gasteiger partial charge on any atom is 0.240 e. The van der Waals surface area contributed by atoms with Gasteiger partial charge in [-0.3, -0.25) is 9.59 Å². The average Bonchev–Trinajstić information content (AvgIpc) is 2.98. The Balaban J connectivity index is 1.98. The molecule has 2 amide bonds. The zero-order valence-electron chi connectivity index (χ0n) is 14.7. The van der Waals surface area contributed by atoms with Gasteiger partial charge in [0, 0.05) is 18.7 Å². The molecule has 1 aromatic rings. The van der Waals surface area contributed by atoms with E-state index in [1.807, 2.05) is 13.8 Å². The molecule has 6 nitrogen and oxygen atoms in total. The normalized spacial score (nSPS) is 16.5. The van der Waals surface area contributed by atoms with Gasteiger partial charge < -0.3 is 15.5 Å². The number of hydrogen-bond donors (Lipinski definition) is 2. The number of rotatable bonds is 6. The smallest absolute Gasteiger partial charge is 0.240 e. The first-order valence-corrected chi connectivity index (χ1v) is 8.33. The zero-order valence-corrected chi connectivity index (χ0v) is 14.7. The summed E-state index contributed by atoms with van der Waals surface area (Å²) in [6, 6.07) is 6.53. The van der Waals surface area contributed by atoms with Crippen molar-refractivity contribution in [1.29, 1.82) is 5.26 Å². The third-order valence-electron chi connectivity index (χ3n) is 4.55. The number of hydrogen-bond acceptors (Lipinski definition) is 4. The van der Waals surface area contributed by atoms with Crippen molar-refractivity contribution in [2.45, 2.75) is 39.2 Å². The van der Waals surface area contributed by atoms with Crippen molar-refractivity contribution >= 4 is 23.2 Å². The van der Waals surface area contributed by atoms with E-state index in [9.17, 15) is 19.2 Å². The van der Waals surface area contributed by atoms with Crippen LogP contribution in [-0.2, 0) is 9.59 Å². The maximum absolute atomic E-state index is 14.3. The Morgan fingerprint density at radius 3 is 2.72 bits per heavy atom. The van der Waals surface area contributed by atoms with E-state index in [2.05, 4.69) is 16.7 Å². The van der Waals surface area contributed by atoms with Gasteiger partial charge in [-0.1, -0.05) is 13.8 Å². The first-order valence-electron chi connectivity index (χ1n) is 8.33. The molecule has 0 unspecified atom stereocenters. The second-order valence-electron chi connectivity index (χ2n) is 6.69. The Labute approximate surface area is 147 Å². The van der Waals surface area contributed by atoms with E-state index in [0.717, 1.165) is 6.42 Å². The van der Waals surface area contributed by atoms with Crippen LogP contribution in [0.2, 0.25) is 0 Å². The van der Waals surface area contributed by atoms with Crippen molar-refractivity contribution in [3.63, 3.8) is 0 Å². The lowest BCUT2D eigenvalue weighted by Crippen LogP contribution is -2.50. The van der Waals surface area contributed by atoms with E-state index in [1.165, 1.54) is 17.0 Å². The molecule has 0 spiro atoms. The first-order chi connectivity index (χ1) is 11.8. The molecule has 0 radical (unpaired) electrons. The van der Waals surface area contributed by atoms with Gasteiger partial charge in [0.15, 0.2) is 0 Å². The van der Waals surface area contributed by atoms with Gasteiger partial charge >= 0.3 is 0 Å². The molecule has 25 heavy (non-hydrogen) atoms. The number of carbonyl (C=O) groups excluding carboxylic acids is 2. The molecule has 1 aliphatic heterocycles. The molecule has 1 saturated heterocycles. The lowest BCUT2D eigenvalue weighted by Gasteiger charge is -2.27. The van der Waals surface area contributed by atoms with Crippen molar-refractivity contribution in [2.24, 2.45) is 5.92 Å². The summed E-state index contributed by atoms with van der Waals surface area (Å²) in [5, 5.41) is 14.7. The van der Waals surface area contributed by atoms with Gasteiger partial charge in [0.1, 0.15) is 11.4 Å². The Morgan fingerprint density at radius 1 is 1.48 bits per heavy atom. The SMILES string of the molecule is CC(C)[C@](C)(C#N)NC(=O)CNc1ccc(N2CCCC2=O)c(F)c1. The first kappa shape index (κ1) is 18.7. The second-order valence-corrected chi connectivity index (χ2v) is 6.69. The summed E-state index contributed by atoms with van der Waals surface area (Å²) >= 11 is 0. The molecule has 134 valence electrons. The minimum atomic E-state index is -0.954. The summed E-state index contributed by atoms with van der Waals surface area (Å²) in [7, 11) is 0. The topological polar surface area (TPSA) is 85.2 Å². The van der Waals surface area contributed by atoms with Gasteiger partial charge in [-0.25, -0.2) is 4.39 Å². The molecule has 0 saturated carbocycles. The number of anilines is 2. The number of benzene rings is 1. The number of halogens is 1. The molecule has 0 bridgehead atoms. The van der Waals surface area contributed by atoms with Gasteiger partial charge in [0.05, 0.1) is 18.3 Å². The molecule has 1 heterocycles. The van der Waals surface area contributed by atoms with Gasteiger partial charge in [0.25, 0.3) is 0 Å². The maximum atomic E-state index is 14.3. The number of carbonyl (C=O) groups is 2. The fourth-order valence-electron chi connectivity index (χ4n) is 2.56. The van der Waals surface area contributed by atoms with Crippen molar-refractivity contribution in [3.05, 3.63) is 24.0 Å². The summed E-state index contributed by atoms with van der Waals surface area (Å²) < 4.78 is 14.3. The van der Waals surface area contributed by atoms with Crippen molar-refractivity contribution in [1.82, 2.24) is 5.32 Å². The highest BCUT2D eigenvalue weighted by atomic mass is 19.1. The Bertz CT molecular complexity index is 714. The molecule has 7 heteroatoms. The Kier molecular flexibility index (Phi) is 5.62. The zero-order chi connectivity index (χ0) is 18.6. The van der Waals surface area contributed by atoms with Crippen LogP contribution in [-0.4, -0.2) is 30.4 Å². The Morgan fingerprint density at radius 2 is 2.20 bits per heavy atom. The summed E-state index contributed by atoms with van der Waals surface area (Å²) in [5.74, 6) is -0.985. The van der Waals surface area contributed by atoms with Crippen molar-refractivity contribution in [3.8, 4) is 6.07 Å². The summed E-state index contributed by atoms with van der Waals surface area (Å²) in [6.45, 7) is 5.81. The molecular weight excluding hydrogens is 323 g/mol. The molecule has 1 fully saturated rings. The van der Waals surface area contributed by atoms with Crippen molar-refractivity contribution in [2.75, 3.05) is 23.3 Å². The molecule has 1 aromatic carbocycles. The van der Waals surface area contributed by atoms with Crippen LogP contribution in [0, 0.1) is 23.1 Å². The van der Waals surface area contributed by atoms with Crippen LogP contribution in [0.3, 0.4) is 0 Å². The summed E-state index contributed by atoms with van der Waals surface area (Å²) in [4.78, 5) is 25.2. The van der Waals surface area contributed by atoms with Gasteiger partial charge in [0.2, 0.25) is 11.8 Å². The van der Waals surface area contributed by atoms with Crippen LogP contribution < -0.4 is 15.5 Å². The van der Waals surface area contributed by atoms with Crippen LogP contribution >= 0.6 is 0 Å². The second kappa shape index (κ2) is 7.51. The monoisotopic (exact) mass is 346 g/mol. The number of nitrogens with zero attached hydrogens (tertiary/aromatic N) is 2. The quantitative estimate of drug-likeness (QED) is 0.828. The lowest BCUT2D eigenvalue weighted by molar-refractivity contribution is -0.121. The molecule has 0 aliphatic carbocycles. The van der Waals surface area contributed by atoms with Gasteiger partial charge in [-0.2, -0.15) is 5.26 Å². The van der Waals surface area contributed by atoms with Crippen LogP contribution in [0.5, 0.6) is 0 Å². The van der Waals surface area contributed by atoms with Crippen LogP contribution in [0.15, 0.2) is 18.2 Å². The van der Waals surface area contributed by atoms with E-state index in [-0.39, 0.29) is 30.0 Å². The predicted octanol–water partition coefficient (Wildman–Crippen LogP) is 2.42. The van der Waals surface area contributed by atoms with E-state index in [4.69, 9.17) is 0 Å². The summed E-state index contributed by atoms with van der Waals surface area (Å²) in [6.07, 6.45) is 1.17. The van der Waals surface area contributed by atoms with Gasteiger partial charge in [-0.05, 0) is 37.5 Å². The third-order valence-corrected chi connectivity index (χ3v) is 4.55. The lowest BCUT2D eigenvalue weighted by atomic mass is 9.90. The molecular formula is C18H23FN4O2. The minimum absolute atomic E-state index is 0.0452. The van der Waals surface area contributed by atoms with Crippen molar-refractivity contribution < 1.29 is 14.0 Å². The average molecular weight is 346 g/mol. The summed E-state index contributed by atoms with van der Waals surface area (Å²) in [5.41, 5.74) is -0.259. The standard InChI is InChI=1S/C18H23FN4O2/c1-12(2)18(3,11-20)22-16(24)10-21-13-6-7-15(14(19)9-13)23-8-4-5-17(23)25/h6-7,9,12,21H,4-5,8,10H2,1-3H3,(H,22,24)/t18-/m0/s1. The highest BCUT2D eigenvalue weighted by Crippen LogP contribution is 2.26. The molecule has 1 atom stereocenters. The molecule has 1 aliphatic rings. The Hall–Kier alpha value is -2.62. The highest BCUT2D eigenvalue weighted by Gasteiger charge is 2.29. The minimum Gasteiger partial charge on any atom is -0.376 e. The third kappa shape index (κ3) is 4.27. The fourth-order valence-corrected chi connectivity index (χ4v) is 2.56. The van der Waals surface area contributed by atoms with Gasteiger partial charge in [-0.15, -0.1) is 0 Å². The fraction of sp³-hybridized carbons (Fsp3) is 0.500. The van der Waals surface area contributed by atoms with E-state index >= 15 is 0 Å². The van der Waals surface area contributed by atoms with Crippen LogP contribution in [0.4, 0.5) is 15.8 Å². The molecule has 2 rings (SSSR count). The largest absolute Gasteiger partial charge is 0.376 e. The van der Waals surface area contributed by atoms with Crippen LogP contribution in [0.1, 0.15) is 33.6 Å². The van der Waals surface area contributed by atoms with Crippen LogP contribution in [0.25, 0.3) is 0 Å².